The van der Waals surface area contributed by atoms with Gasteiger partial charge in [0.25, 0.3) is 0 Å². The van der Waals surface area contributed by atoms with Crippen molar-refractivity contribution >= 4 is 48.3 Å². The van der Waals surface area contributed by atoms with Crippen molar-refractivity contribution in [1.82, 2.24) is 9.78 Å². The lowest BCUT2D eigenvalue weighted by Crippen LogP contribution is -1.99. The van der Waals surface area contributed by atoms with Crippen molar-refractivity contribution in [3.05, 3.63) is 28.2 Å². The van der Waals surface area contributed by atoms with Crippen LogP contribution in [0.5, 0.6) is 0 Å². The van der Waals surface area contributed by atoms with Gasteiger partial charge in [0.2, 0.25) is 0 Å². The van der Waals surface area contributed by atoms with E-state index in [-0.39, 0.29) is 0 Å². The number of halogens is 1. The summed E-state index contributed by atoms with van der Waals surface area (Å²) in [5, 5.41) is 9.26. The van der Waals surface area contributed by atoms with E-state index in [2.05, 4.69) is 58.6 Å². The number of aromatic nitrogens is 2. The van der Waals surface area contributed by atoms with Gasteiger partial charge in [0.1, 0.15) is 0 Å². The summed E-state index contributed by atoms with van der Waals surface area (Å²) in [5.41, 5.74) is 1.06. The second-order valence-electron chi connectivity index (χ2n) is 4.16. The largest absolute Gasteiger partial charge is 0.269 e. The lowest BCUT2D eigenvalue weighted by molar-refractivity contribution is 0.537. The number of thiophene rings is 1. The molecule has 16 heavy (non-hydrogen) atoms. The van der Waals surface area contributed by atoms with Gasteiger partial charge in [-0.05, 0) is 47.3 Å². The van der Waals surface area contributed by atoms with Crippen molar-refractivity contribution < 1.29 is 0 Å². The molecule has 1 aromatic carbocycles. The van der Waals surface area contributed by atoms with Gasteiger partial charge in [0, 0.05) is 32.2 Å². The van der Waals surface area contributed by atoms with Gasteiger partial charge in [-0.1, -0.05) is 0 Å². The first-order valence-electron chi connectivity index (χ1n) is 5.21. The monoisotopic (exact) mass is 294 g/mol. The average Bonchev–Trinajstić information content (AvgIpc) is 2.80. The van der Waals surface area contributed by atoms with Crippen LogP contribution in [0.4, 0.5) is 0 Å². The summed E-state index contributed by atoms with van der Waals surface area (Å²) in [6, 6.07) is 4.67. The number of benzene rings is 1. The van der Waals surface area contributed by atoms with Gasteiger partial charge in [0.15, 0.2) is 0 Å². The molecule has 3 rings (SSSR count). The summed E-state index contributed by atoms with van der Waals surface area (Å²) in [7, 11) is 0. The Morgan fingerprint density at radius 2 is 2.19 bits per heavy atom. The lowest BCUT2D eigenvalue weighted by atomic mass is 10.2. The third-order valence-electron chi connectivity index (χ3n) is 2.73. The summed E-state index contributed by atoms with van der Waals surface area (Å²) >= 11 is 5.37. The van der Waals surface area contributed by atoms with Crippen LogP contribution >= 0.6 is 27.3 Å². The molecular weight excluding hydrogens is 284 g/mol. The van der Waals surface area contributed by atoms with Crippen LogP contribution in [0, 0.1) is 0 Å². The molecule has 0 N–H and O–H groups in total. The zero-order valence-corrected chi connectivity index (χ0v) is 11.5. The molecule has 4 heteroatoms. The molecule has 0 atom stereocenters. The maximum absolute atomic E-state index is 4.59. The summed E-state index contributed by atoms with van der Waals surface area (Å²) in [6.07, 6.45) is 2.14. The first-order chi connectivity index (χ1) is 7.66. The van der Waals surface area contributed by atoms with E-state index in [0.29, 0.717) is 6.04 Å². The highest BCUT2D eigenvalue weighted by Gasteiger charge is 2.10. The molecule has 0 radical (unpaired) electrons. The van der Waals surface area contributed by atoms with E-state index in [0.717, 1.165) is 9.99 Å². The molecule has 0 fully saturated rings. The number of rotatable bonds is 1. The summed E-state index contributed by atoms with van der Waals surface area (Å²) in [4.78, 5) is 0. The van der Waals surface area contributed by atoms with Gasteiger partial charge in [-0.2, -0.15) is 5.10 Å². The molecule has 0 amide bonds. The predicted octanol–water partition coefficient (Wildman–Crippen LogP) is 4.59. The van der Waals surface area contributed by atoms with Crippen LogP contribution in [-0.2, 0) is 0 Å². The molecule has 2 aromatic heterocycles. The molecule has 0 spiro atoms. The van der Waals surface area contributed by atoms with Crippen LogP contribution in [0.25, 0.3) is 21.0 Å². The van der Waals surface area contributed by atoms with E-state index in [1.807, 2.05) is 4.68 Å². The second kappa shape index (κ2) is 3.57. The second-order valence-corrected chi connectivity index (χ2v) is 5.93. The maximum Gasteiger partial charge on any atom is 0.0941 e. The fourth-order valence-corrected chi connectivity index (χ4v) is 3.40. The van der Waals surface area contributed by atoms with Gasteiger partial charge in [-0.15, -0.1) is 11.3 Å². The van der Waals surface area contributed by atoms with Gasteiger partial charge in [-0.25, -0.2) is 0 Å². The van der Waals surface area contributed by atoms with Crippen molar-refractivity contribution in [1.29, 1.82) is 0 Å². The normalized spacial score (nSPS) is 12.0. The predicted molar refractivity (Wildman–Crippen MR) is 73.2 cm³/mol. The highest BCUT2D eigenvalue weighted by atomic mass is 79.9. The Balaban J connectivity index is 2.45. The minimum Gasteiger partial charge on any atom is -0.269 e. The zero-order chi connectivity index (χ0) is 11.3. The smallest absolute Gasteiger partial charge is 0.0941 e. The molecule has 0 saturated carbocycles. The van der Waals surface area contributed by atoms with Crippen molar-refractivity contribution in [2.75, 3.05) is 0 Å². The van der Waals surface area contributed by atoms with Crippen LogP contribution in [0.3, 0.4) is 0 Å². The average molecular weight is 295 g/mol. The SMILES string of the molecule is CC(C)n1cc2c(cc(Br)c3sccc32)n1. The van der Waals surface area contributed by atoms with Gasteiger partial charge in [-0.3, -0.25) is 4.68 Å². The van der Waals surface area contributed by atoms with Crippen molar-refractivity contribution in [3.63, 3.8) is 0 Å². The Kier molecular flexibility index (Phi) is 2.30. The highest BCUT2D eigenvalue weighted by Crippen LogP contribution is 2.35. The first-order valence-corrected chi connectivity index (χ1v) is 6.88. The van der Waals surface area contributed by atoms with Gasteiger partial charge < -0.3 is 0 Å². The fourth-order valence-electron chi connectivity index (χ4n) is 1.88. The molecule has 0 aliphatic carbocycles. The van der Waals surface area contributed by atoms with Crippen LogP contribution in [-0.4, -0.2) is 9.78 Å². The van der Waals surface area contributed by atoms with E-state index >= 15 is 0 Å². The van der Waals surface area contributed by atoms with E-state index in [4.69, 9.17) is 0 Å². The minimum atomic E-state index is 0.403. The number of fused-ring (bicyclic) bond motifs is 3. The topological polar surface area (TPSA) is 17.8 Å². The lowest BCUT2D eigenvalue weighted by Gasteiger charge is -2.02. The van der Waals surface area contributed by atoms with Crippen LogP contribution < -0.4 is 0 Å². The Hall–Kier alpha value is -0.870. The van der Waals surface area contributed by atoms with Crippen molar-refractivity contribution in [3.8, 4) is 0 Å². The quantitative estimate of drug-likeness (QED) is 0.642. The number of hydrogen-bond acceptors (Lipinski definition) is 2. The summed E-state index contributed by atoms with van der Waals surface area (Å²) in [6.45, 7) is 4.29. The van der Waals surface area contributed by atoms with Gasteiger partial charge >= 0.3 is 0 Å². The zero-order valence-electron chi connectivity index (χ0n) is 9.07. The Labute approximate surface area is 106 Å². The summed E-state index contributed by atoms with van der Waals surface area (Å²) in [5.74, 6) is 0. The third kappa shape index (κ3) is 1.40. The Morgan fingerprint density at radius 1 is 1.38 bits per heavy atom. The Morgan fingerprint density at radius 3 is 2.94 bits per heavy atom. The number of nitrogens with zero attached hydrogens (tertiary/aromatic N) is 2. The van der Waals surface area contributed by atoms with Crippen molar-refractivity contribution in [2.45, 2.75) is 19.9 Å². The molecule has 2 heterocycles. The molecule has 2 nitrogen and oxygen atoms in total. The Bertz CT molecular complexity index is 666. The first kappa shape index (κ1) is 10.3. The molecule has 0 bridgehead atoms. The molecule has 0 saturated heterocycles. The molecule has 0 aliphatic rings. The fraction of sp³-hybridized carbons (Fsp3) is 0.250. The third-order valence-corrected chi connectivity index (χ3v) is 4.56. The highest BCUT2D eigenvalue weighted by molar-refractivity contribution is 9.10. The van der Waals surface area contributed by atoms with E-state index in [9.17, 15) is 0 Å². The molecule has 0 aliphatic heterocycles. The van der Waals surface area contributed by atoms with E-state index < -0.39 is 0 Å². The van der Waals surface area contributed by atoms with Gasteiger partial charge in [0.05, 0.1) is 5.52 Å². The molecule has 0 unspecified atom stereocenters. The maximum atomic E-state index is 4.59. The molecule has 82 valence electrons. The van der Waals surface area contributed by atoms with Crippen molar-refractivity contribution in [2.24, 2.45) is 0 Å². The van der Waals surface area contributed by atoms with Crippen LogP contribution in [0.1, 0.15) is 19.9 Å². The molecular formula is C12H11BrN2S. The number of hydrogen-bond donors (Lipinski definition) is 0. The summed E-state index contributed by atoms with van der Waals surface area (Å²) < 4.78 is 4.46. The molecule has 3 aromatic rings. The van der Waals surface area contributed by atoms with Crippen LogP contribution in [0.2, 0.25) is 0 Å². The minimum absolute atomic E-state index is 0.403. The van der Waals surface area contributed by atoms with E-state index in [1.165, 1.54) is 15.5 Å². The standard InChI is InChI=1S/C12H11BrN2S/c1-7(2)15-6-9-8-3-4-16-12(8)10(13)5-11(9)14-15/h3-7H,1-2H3. The van der Waals surface area contributed by atoms with Crippen LogP contribution in [0.15, 0.2) is 28.2 Å². The van der Waals surface area contributed by atoms with E-state index in [1.54, 1.807) is 11.3 Å².